The highest BCUT2D eigenvalue weighted by Crippen LogP contribution is 2.35. The van der Waals surface area contributed by atoms with Gasteiger partial charge in [0, 0.05) is 13.0 Å². The fraction of sp³-hybridized carbons (Fsp3) is 0.500. The fourth-order valence-electron chi connectivity index (χ4n) is 2.16. The molecule has 9 heteroatoms. The second-order valence-corrected chi connectivity index (χ2v) is 7.13. The highest BCUT2D eigenvalue weighted by atomic mass is 35.5. The van der Waals surface area contributed by atoms with Crippen molar-refractivity contribution in [3.63, 3.8) is 0 Å². The zero-order chi connectivity index (χ0) is 14.8. The largest absolute Gasteiger partial charge is 0.465 e. The maximum Gasteiger partial charge on any atom is 0.351 e. The Morgan fingerprint density at radius 3 is 3.05 bits per heavy atom. The number of carbonyl (C=O) groups excluding carboxylic acids is 1. The molecule has 0 saturated heterocycles. The molecular formula is C12H13ClN4O2S2. The zero-order valence-electron chi connectivity index (χ0n) is 11.3. The number of halogens is 1. The van der Waals surface area contributed by atoms with Crippen LogP contribution < -0.4 is 0 Å². The normalized spacial score (nSPS) is 14.6. The lowest BCUT2D eigenvalue weighted by Gasteiger charge is -2.04. The molecule has 1 aliphatic rings. The third-order valence-corrected chi connectivity index (χ3v) is 5.66. The number of esters is 1. The fourth-order valence-corrected chi connectivity index (χ4v) is 4.46. The summed E-state index contributed by atoms with van der Waals surface area (Å²) in [4.78, 5) is 16.1. The minimum absolute atomic E-state index is 0.171. The molecule has 0 bridgehead atoms. The van der Waals surface area contributed by atoms with Crippen molar-refractivity contribution in [2.45, 2.75) is 41.7 Å². The van der Waals surface area contributed by atoms with E-state index in [1.165, 1.54) is 36.6 Å². The summed E-state index contributed by atoms with van der Waals surface area (Å²) in [7, 11) is 1.32. The number of carbonyl (C=O) groups is 1. The average Bonchev–Trinajstić information content (AvgIpc) is 2.93. The summed E-state index contributed by atoms with van der Waals surface area (Å²) >= 11 is 8.57. The van der Waals surface area contributed by atoms with Crippen LogP contribution in [0.2, 0.25) is 5.15 Å². The van der Waals surface area contributed by atoms with Crippen LogP contribution in [-0.2, 0) is 17.7 Å². The highest BCUT2D eigenvalue weighted by Gasteiger charge is 2.21. The lowest BCUT2D eigenvalue weighted by Crippen LogP contribution is -2.01. The number of hydrogen-bond donors (Lipinski definition) is 0. The van der Waals surface area contributed by atoms with Gasteiger partial charge in [-0.05, 0) is 24.6 Å². The van der Waals surface area contributed by atoms with Gasteiger partial charge in [0.25, 0.3) is 0 Å². The smallest absolute Gasteiger partial charge is 0.351 e. The second kappa shape index (κ2) is 6.33. The molecule has 0 amide bonds. The van der Waals surface area contributed by atoms with Gasteiger partial charge in [-0.15, -0.1) is 10.2 Å². The number of aryl methyl sites for hydroxylation is 1. The van der Waals surface area contributed by atoms with Crippen molar-refractivity contribution < 1.29 is 9.53 Å². The van der Waals surface area contributed by atoms with Crippen molar-refractivity contribution in [1.29, 1.82) is 0 Å². The van der Waals surface area contributed by atoms with Gasteiger partial charge in [-0.2, -0.15) is 0 Å². The molecule has 0 spiro atoms. The number of rotatable bonds is 3. The first kappa shape index (κ1) is 14.8. The Bertz CT molecular complexity index is 670. The molecule has 3 heterocycles. The molecule has 112 valence electrons. The summed E-state index contributed by atoms with van der Waals surface area (Å²) in [5, 5.41) is 9.43. The van der Waals surface area contributed by atoms with Crippen LogP contribution in [0.5, 0.6) is 0 Å². The van der Waals surface area contributed by atoms with E-state index >= 15 is 0 Å². The quantitative estimate of drug-likeness (QED) is 0.797. The van der Waals surface area contributed by atoms with Crippen molar-refractivity contribution in [1.82, 2.24) is 19.7 Å². The Labute approximate surface area is 134 Å². The monoisotopic (exact) mass is 344 g/mol. The topological polar surface area (TPSA) is 69.9 Å². The van der Waals surface area contributed by atoms with Crippen molar-refractivity contribution in [3.8, 4) is 0 Å². The van der Waals surface area contributed by atoms with E-state index in [2.05, 4.69) is 24.5 Å². The van der Waals surface area contributed by atoms with E-state index < -0.39 is 5.97 Å². The second-order valence-electron chi connectivity index (χ2n) is 4.55. The SMILES string of the molecule is COC(=O)c1sc(Sc2nnc3n2CCCCC3)nc1Cl. The molecule has 6 nitrogen and oxygen atoms in total. The van der Waals surface area contributed by atoms with Gasteiger partial charge in [-0.25, -0.2) is 9.78 Å². The van der Waals surface area contributed by atoms with E-state index in [1.807, 2.05) is 0 Å². The molecule has 0 atom stereocenters. The van der Waals surface area contributed by atoms with Crippen LogP contribution >= 0.6 is 34.7 Å². The van der Waals surface area contributed by atoms with Gasteiger partial charge in [-0.3, -0.25) is 0 Å². The number of aromatic nitrogens is 4. The van der Waals surface area contributed by atoms with Crippen molar-refractivity contribution in [2.75, 3.05) is 7.11 Å². The molecule has 21 heavy (non-hydrogen) atoms. The Hall–Kier alpha value is -1.12. The molecule has 2 aromatic rings. The first-order valence-corrected chi connectivity index (χ1v) is 8.54. The predicted octanol–water partition coefficient (Wildman–Crippen LogP) is 3.05. The van der Waals surface area contributed by atoms with Crippen LogP contribution in [0.3, 0.4) is 0 Å². The van der Waals surface area contributed by atoms with Crippen LogP contribution in [0.4, 0.5) is 0 Å². The summed E-state index contributed by atoms with van der Waals surface area (Å²) < 4.78 is 7.47. The first-order valence-electron chi connectivity index (χ1n) is 6.53. The predicted molar refractivity (Wildman–Crippen MR) is 80.2 cm³/mol. The van der Waals surface area contributed by atoms with Crippen LogP contribution in [0, 0.1) is 0 Å². The third-order valence-electron chi connectivity index (χ3n) is 3.19. The molecule has 0 unspecified atom stereocenters. The zero-order valence-corrected chi connectivity index (χ0v) is 13.7. The van der Waals surface area contributed by atoms with Crippen LogP contribution in [0.15, 0.2) is 9.50 Å². The number of nitrogens with zero attached hydrogens (tertiary/aromatic N) is 4. The number of fused-ring (bicyclic) bond motifs is 1. The number of thiazole rings is 1. The molecule has 0 fully saturated rings. The van der Waals surface area contributed by atoms with Gasteiger partial charge in [-0.1, -0.05) is 29.4 Å². The van der Waals surface area contributed by atoms with Crippen molar-refractivity contribution in [2.24, 2.45) is 0 Å². The number of methoxy groups -OCH3 is 1. The Kier molecular flexibility index (Phi) is 4.46. The summed E-state index contributed by atoms with van der Waals surface area (Å²) in [6, 6.07) is 0. The number of ether oxygens (including phenoxy) is 1. The molecular weight excluding hydrogens is 332 g/mol. The van der Waals surface area contributed by atoms with Gasteiger partial charge in [0.15, 0.2) is 19.5 Å². The van der Waals surface area contributed by atoms with E-state index in [1.54, 1.807) is 0 Å². The lowest BCUT2D eigenvalue weighted by atomic mass is 10.2. The Morgan fingerprint density at radius 1 is 1.38 bits per heavy atom. The van der Waals surface area contributed by atoms with Gasteiger partial charge >= 0.3 is 5.97 Å². The average molecular weight is 345 g/mol. The van der Waals surface area contributed by atoms with Gasteiger partial charge in [0.1, 0.15) is 5.82 Å². The standard InChI is InChI=1S/C12H13ClN4O2S2/c1-19-10(18)8-9(13)14-12(20-8)21-11-16-15-7-5-3-2-4-6-17(7)11/h2-6H2,1H3. The molecule has 0 N–H and O–H groups in total. The van der Waals surface area contributed by atoms with Crippen LogP contribution in [0.1, 0.15) is 34.8 Å². The number of hydrogen-bond acceptors (Lipinski definition) is 7. The van der Waals surface area contributed by atoms with E-state index in [9.17, 15) is 4.79 Å². The molecule has 2 aromatic heterocycles. The molecule has 0 aliphatic carbocycles. The summed E-state index contributed by atoms with van der Waals surface area (Å²) in [5.41, 5.74) is 0. The maximum absolute atomic E-state index is 11.5. The Balaban J connectivity index is 1.84. The van der Waals surface area contributed by atoms with Gasteiger partial charge in [0.2, 0.25) is 0 Å². The molecule has 0 radical (unpaired) electrons. The van der Waals surface area contributed by atoms with Gasteiger partial charge in [0.05, 0.1) is 7.11 Å². The molecule has 1 aliphatic heterocycles. The first-order chi connectivity index (χ1) is 10.2. The van der Waals surface area contributed by atoms with Crippen LogP contribution in [-0.4, -0.2) is 32.8 Å². The van der Waals surface area contributed by atoms with E-state index in [0.717, 1.165) is 36.8 Å². The molecule has 3 rings (SSSR count). The van der Waals surface area contributed by atoms with Crippen molar-refractivity contribution in [3.05, 3.63) is 15.9 Å². The van der Waals surface area contributed by atoms with Gasteiger partial charge < -0.3 is 9.30 Å². The van der Waals surface area contributed by atoms with Crippen molar-refractivity contribution >= 4 is 40.7 Å². The van der Waals surface area contributed by atoms with E-state index in [4.69, 9.17) is 11.6 Å². The summed E-state index contributed by atoms with van der Waals surface area (Å²) in [6.45, 7) is 0.924. The Morgan fingerprint density at radius 2 is 2.24 bits per heavy atom. The molecule has 0 aromatic carbocycles. The molecule has 0 saturated carbocycles. The summed E-state index contributed by atoms with van der Waals surface area (Å²) in [5.74, 6) is 0.551. The minimum atomic E-state index is -0.468. The van der Waals surface area contributed by atoms with E-state index in [0.29, 0.717) is 9.22 Å². The lowest BCUT2D eigenvalue weighted by molar-refractivity contribution is 0.0606. The maximum atomic E-state index is 11.5. The minimum Gasteiger partial charge on any atom is -0.465 e. The highest BCUT2D eigenvalue weighted by molar-refractivity contribution is 8.00. The third kappa shape index (κ3) is 3.07. The summed E-state index contributed by atoms with van der Waals surface area (Å²) in [6.07, 6.45) is 4.45. The van der Waals surface area contributed by atoms with Crippen LogP contribution in [0.25, 0.3) is 0 Å². The van der Waals surface area contributed by atoms with E-state index in [-0.39, 0.29) is 5.15 Å².